The van der Waals surface area contributed by atoms with Crippen molar-refractivity contribution in [2.24, 2.45) is 0 Å². The number of carbonyl (C=O) groups excluding carboxylic acids is 1. The topological polar surface area (TPSA) is 20.3 Å². The maximum Gasteiger partial charge on any atom is 0.233 e. The van der Waals surface area contributed by atoms with Crippen LogP contribution in [0.2, 0.25) is 0 Å². The van der Waals surface area contributed by atoms with Crippen molar-refractivity contribution in [1.82, 2.24) is 4.90 Å². The van der Waals surface area contributed by atoms with Gasteiger partial charge in [0.15, 0.2) is 0 Å². The van der Waals surface area contributed by atoms with E-state index < -0.39 is 0 Å². The predicted octanol–water partition coefficient (Wildman–Crippen LogP) is 3.79. The monoisotopic (exact) mass is 297 g/mol. The number of carbonyl (C=O) groups is 1. The lowest BCUT2D eigenvalue weighted by atomic mass is 10.2. The van der Waals surface area contributed by atoms with Gasteiger partial charge < -0.3 is 4.90 Å². The zero-order chi connectivity index (χ0) is 13.5. The summed E-state index contributed by atoms with van der Waals surface area (Å²) in [7, 11) is 0. The number of alkyl halides is 1. The quantitative estimate of drug-likeness (QED) is 0.588. The van der Waals surface area contributed by atoms with Crippen LogP contribution in [-0.4, -0.2) is 35.0 Å². The first-order chi connectivity index (χ1) is 9.31. The molecular weight excluding hydrogens is 278 g/mol. The van der Waals surface area contributed by atoms with Gasteiger partial charge in [-0.3, -0.25) is 4.79 Å². The molecule has 2 nitrogen and oxygen atoms in total. The Morgan fingerprint density at radius 3 is 2.58 bits per heavy atom. The van der Waals surface area contributed by atoms with Crippen molar-refractivity contribution in [3.63, 3.8) is 0 Å². The molecule has 0 N–H and O–H groups in total. The molecule has 0 aromatic heterocycles. The zero-order valence-corrected chi connectivity index (χ0v) is 12.6. The molecule has 1 aromatic carbocycles. The smallest absolute Gasteiger partial charge is 0.233 e. The van der Waals surface area contributed by atoms with Crippen LogP contribution in [0.25, 0.3) is 0 Å². The molecule has 0 radical (unpaired) electrons. The molecule has 0 saturated heterocycles. The highest BCUT2D eigenvalue weighted by Gasteiger charge is 2.25. The van der Waals surface area contributed by atoms with Crippen LogP contribution < -0.4 is 0 Å². The molecule has 19 heavy (non-hydrogen) atoms. The van der Waals surface area contributed by atoms with Crippen LogP contribution >= 0.6 is 23.4 Å². The first-order valence-corrected chi connectivity index (χ1v) is 8.36. The van der Waals surface area contributed by atoms with Gasteiger partial charge in [-0.15, -0.1) is 23.4 Å². The molecule has 1 saturated carbocycles. The highest BCUT2D eigenvalue weighted by molar-refractivity contribution is 8.00. The Balaban J connectivity index is 1.88. The number of halogens is 1. The lowest BCUT2D eigenvalue weighted by molar-refractivity contribution is -0.130. The average molecular weight is 298 g/mol. The normalized spacial score (nSPS) is 15.6. The Kier molecular flexibility index (Phi) is 6.05. The summed E-state index contributed by atoms with van der Waals surface area (Å²) in [5.41, 5.74) is 0. The SMILES string of the molecule is O=C(CSc1ccccc1)N(CCCl)C1CCCC1. The maximum absolute atomic E-state index is 12.3. The van der Waals surface area contributed by atoms with E-state index in [1.165, 1.54) is 12.8 Å². The molecule has 0 bridgehead atoms. The fourth-order valence-electron chi connectivity index (χ4n) is 2.56. The molecular formula is C15H20ClNOS. The molecule has 4 heteroatoms. The minimum atomic E-state index is 0.224. The predicted molar refractivity (Wildman–Crippen MR) is 81.9 cm³/mol. The van der Waals surface area contributed by atoms with Gasteiger partial charge in [0.25, 0.3) is 0 Å². The summed E-state index contributed by atoms with van der Waals surface area (Å²) in [5, 5.41) is 0. The molecule has 0 atom stereocenters. The highest BCUT2D eigenvalue weighted by atomic mass is 35.5. The minimum Gasteiger partial charge on any atom is -0.338 e. The van der Waals surface area contributed by atoms with Crippen LogP contribution in [0.4, 0.5) is 0 Å². The lowest BCUT2D eigenvalue weighted by Crippen LogP contribution is -2.41. The number of benzene rings is 1. The van der Waals surface area contributed by atoms with E-state index in [0.717, 1.165) is 17.7 Å². The summed E-state index contributed by atoms with van der Waals surface area (Å²) >= 11 is 7.44. The third kappa shape index (κ3) is 4.43. The van der Waals surface area contributed by atoms with E-state index in [-0.39, 0.29) is 5.91 Å². The lowest BCUT2D eigenvalue weighted by Gasteiger charge is -2.28. The zero-order valence-electron chi connectivity index (χ0n) is 11.1. The molecule has 1 aliphatic rings. The van der Waals surface area contributed by atoms with Crippen molar-refractivity contribution in [3.8, 4) is 0 Å². The van der Waals surface area contributed by atoms with E-state index in [2.05, 4.69) is 0 Å². The van der Waals surface area contributed by atoms with Gasteiger partial charge in [0.05, 0.1) is 5.75 Å². The van der Waals surface area contributed by atoms with Crippen molar-refractivity contribution >= 4 is 29.3 Å². The van der Waals surface area contributed by atoms with Crippen molar-refractivity contribution in [2.75, 3.05) is 18.2 Å². The summed E-state index contributed by atoms with van der Waals surface area (Å²) in [6.07, 6.45) is 4.75. The summed E-state index contributed by atoms with van der Waals surface area (Å²) < 4.78 is 0. The van der Waals surface area contributed by atoms with Crippen LogP contribution in [0.5, 0.6) is 0 Å². The van der Waals surface area contributed by atoms with E-state index >= 15 is 0 Å². The Labute approximate surface area is 124 Å². The second kappa shape index (κ2) is 7.81. The van der Waals surface area contributed by atoms with Gasteiger partial charge in [-0.2, -0.15) is 0 Å². The van der Waals surface area contributed by atoms with Crippen molar-refractivity contribution in [1.29, 1.82) is 0 Å². The van der Waals surface area contributed by atoms with E-state index in [0.29, 0.717) is 24.2 Å². The van der Waals surface area contributed by atoms with Gasteiger partial charge >= 0.3 is 0 Å². The van der Waals surface area contributed by atoms with Gasteiger partial charge in [0.1, 0.15) is 0 Å². The molecule has 0 heterocycles. The molecule has 1 aliphatic carbocycles. The molecule has 1 aromatic rings. The van der Waals surface area contributed by atoms with E-state index in [4.69, 9.17) is 11.6 Å². The van der Waals surface area contributed by atoms with Crippen LogP contribution in [0, 0.1) is 0 Å². The van der Waals surface area contributed by atoms with E-state index in [1.54, 1.807) is 11.8 Å². The Morgan fingerprint density at radius 1 is 1.26 bits per heavy atom. The fraction of sp³-hybridized carbons (Fsp3) is 0.533. The number of thioether (sulfide) groups is 1. The van der Waals surface area contributed by atoms with Crippen LogP contribution in [0.3, 0.4) is 0 Å². The third-order valence-electron chi connectivity index (χ3n) is 3.52. The van der Waals surface area contributed by atoms with Gasteiger partial charge in [-0.1, -0.05) is 31.0 Å². The molecule has 0 spiro atoms. The Morgan fingerprint density at radius 2 is 1.95 bits per heavy atom. The summed E-state index contributed by atoms with van der Waals surface area (Å²) in [6, 6.07) is 10.5. The number of hydrogen-bond acceptors (Lipinski definition) is 2. The van der Waals surface area contributed by atoms with Crippen LogP contribution in [0.1, 0.15) is 25.7 Å². The number of nitrogens with zero attached hydrogens (tertiary/aromatic N) is 1. The fourth-order valence-corrected chi connectivity index (χ4v) is 3.55. The molecule has 0 unspecified atom stereocenters. The minimum absolute atomic E-state index is 0.224. The maximum atomic E-state index is 12.3. The van der Waals surface area contributed by atoms with Gasteiger partial charge in [0.2, 0.25) is 5.91 Å². The standard InChI is InChI=1S/C15H20ClNOS/c16-10-11-17(13-6-4-5-7-13)15(18)12-19-14-8-2-1-3-9-14/h1-3,8-9,13H,4-7,10-12H2. The Hall–Kier alpha value is -0.670. The molecule has 2 rings (SSSR count). The van der Waals surface area contributed by atoms with Gasteiger partial charge in [0, 0.05) is 23.4 Å². The van der Waals surface area contributed by atoms with Gasteiger partial charge in [-0.25, -0.2) is 0 Å². The van der Waals surface area contributed by atoms with Crippen LogP contribution in [0.15, 0.2) is 35.2 Å². The third-order valence-corrected chi connectivity index (χ3v) is 4.68. The largest absolute Gasteiger partial charge is 0.338 e. The number of hydrogen-bond donors (Lipinski definition) is 0. The van der Waals surface area contributed by atoms with Crippen LogP contribution in [-0.2, 0) is 4.79 Å². The first-order valence-electron chi connectivity index (χ1n) is 6.84. The van der Waals surface area contributed by atoms with E-state index in [1.807, 2.05) is 35.2 Å². The molecule has 1 fully saturated rings. The number of amides is 1. The number of rotatable bonds is 6. The molecule has 104 valence electrons. The summed E-state index contributed by atoms with van der Waals surface area (Å²) in [5.74, 6) is 1.26. The first kappa shape index (κ1) is 14.7. The average Bonchev–Trinajstić information content (AvgIpc) is 2.97. The van der Waals surface area contributed by atoms with Gasteiger partial charge in [-0.05, 0) is 25.0 Å². The second-order valence-corrected chi connectivity index (χ2v) is 6.24. The second-order valence-electron chi connectivity index (χ2n) is 4.82. The molecule has 1 amide bonds. The summed E-state index contributed by atoms with van der Waals surface area (Å²) in [4.78, 5) is 15.5. The van der Waals surface area contributed by atoms with Crippen molar-refractivity contribution in [3.05, 3.63) is 30.3 Å². The highest BCUT2D eigenvalue weighted by Crippen LogP contribution is 2.25. The molecule has 0 aliphatic heterocycles. The van der Waals surface area contributed by atoms with Crippen molar-refractivity contribution < 1.29 is 4.79 Å². The van der Waals surface area contributed by atoms with E-state index in [9.17, 15) is 4.79 Å². The Bertz CT molecular complexity index is 392. The van der Waals surface area contributed by atoms with Crippen molar-refractivity contribution in [2.45, 2.75) is 36.6 Å². The summed E-state index contributed by atoms with van der Waals surface area (Å²) in [6.45, 7) is 0.681.